The Morgan fingerprint density at radius 1 is 0.829 bits per heavy atom. The third-order valence-corrected chi connectivity index (χ3v) is 6.82. The maximum absolute atomic E-state index is 14.0. The van der Waals surface area contributed by atoms with Crippen molar-refractivity contribution in [3.05, 3.63) is 89.5 Å². The maximum Gasteiger partial charge on any atom is 0.243 e. The SMILES string of the molecule is CCCCNC(=O)[C@@H](Cc1ccccc1)N(Cc1cccc(OC)c1)C(=O)CCc1ccc(OCC)c(OCC)c1. The number of hydrogen-bond acceptors (Lipinski definition) is 5. The summed E-state index contributed by atoms with van der Waals surface area (Å²) in [6, 6.07) is 22.6. The van der Waals surface area contributed by atoms with Crippen molar-refractivity contribution >= 4 is 11.8 Å². The summed E-state index contributed by atoms with van der Waals surface area (Å²) < 4.78 is 16.9. The molecule has 0 bridgehead atoms. The van der Waals surface area contributed by atoms with Crippen molar-refractivity contribution in [3.63, 3.8) is 0 Å². The lowest BCUT2D eigenvalue weighted by Gasteiger charge is -2.32. The minimum atomic E-state index is -0.660. The number of methoxy groups -OCH3 is 1. The Hall–Kier alpha value is -4.00. The summed E-state index contributed by atoms with van der Waals surface area (Å²) in [7, 11) is 1.62. The number of nitrogens with zero attached hydrogens (tertiary/aromatic N) is 1. The maximum atomic E-state index is 14.0. The Kier molecular flexibility index (Phi) is 13.0. The Labute approximate surface area is 244 Å². The van der Waals surface area contributed by atoms with Crippen LogP contribution in [0, 0.1) is 0 Å². The zero-order valence-electron chi connectivity index (χ0n) is 24.9. The van der Waals surface area contributed by atoms with Gasteiger partial charge in [0.1, 0.15) is 11.8 Å². The lowest BCUT2D eigenvalue weighted by atomic mass is 10.0. The van der Waals surface area contributed by atoms with Gasteiger partial charge in [0.2, 0.25) is 11.8 Å². The molecular formula is C34H44N2O5. The Morgan fingerprint density at radius 3 is 2.27 bits per heavy atom. The molecule has 3 aromatic carbocycles. The van der Waals surface area contributed by atoms with Crippen molar-refractivity contribution in [2.45, 2.75) is 65.5 Å². The van der Waals surface area contributed by atoms with Crippen LogP contribution in [0.5, 0.6) is 17.2 Å². The first-order valence-corrected chi connectivity index (χ1v) is 14.6. The number of carbonyl (C=O) groups excluding carboxylic acids is 2. The number of ether oxygens (including phenoxy) is 3. The smallest absolute Gasteiger partial charge is 0.243 e. The van der Waals surface area contributed by atoms with Crippen molar-refractivity contribution in [2.75, 3.05) is 26.9 Å². The van der Waals surface area contributed by atoms with E-state index in [0.717, 1.165) is 29.5 Å². The zero-order valence-corrected chi connectivity index (χ0v) is 24.9. The first-order valence-electron chi connectivity index (χ1n) is 14.6. The molecule has 41 heavy (non-hydrogen) atoms. The average Bonchev–Trinajstić information content (AvgIpc) is 2.99. The van der Waals surface area contributed by atoms with Gasteiger partial charge in [0.05, 0.1) is 20.3 Å². The highest BCUT2D eigenvalue weighted by Gasteiger charge is 2.30. The number of benzene rings is 3. The summed E-state index contributed by atoms with van der Waals surface area (Å²) in [6.07, 6.45) is 3.04. The van der Waals surface area contributed by atoms with E-state index in [1.54, 1.807) is 12.0 Å². The summed E-state index contributed by atoms with van der Waals surface area (Å²) in [4.78, 5) is 29.3. The molecule has 3 rings (SSSR count). The molecule has 0 aliphatic rings. The van der Waals surface area contributed by atoms with Gasteiger partial charge in [-0.15, -0.1) is 0 Å². The molecule has 7 heteroatoms. The van der Waals surface area contributed by atoms with E-state index in [1.165, 1.54) is 0 Å². The van der Waals surface area contributed by atoms with Crippen LogP contribution in [0.15, 0.2) is 72.8 Å². The van der Waals surface area contributed by atoms with Crippen LogP contribution >= 0.6 is 0 Å². The summed E-state index contributed by atoms with van der Waals surface area (Å²) in [6.45, 7) is 7.89. The Morgan fingerprint density at radius 2 is 1.56 bits per heavy atom. The lowest BCUT2D eigenvalue weighted by molar-refractivity contribution is -0.141. The molecule has 1 atom stereocenters. The molecule has 0 radical (unpaired) electrons. The van der Waals surface area contributed by atoms with Crippen LogP contribution in [0.1, 0.15) is 56.7 Å². The quantitative estimate of drug-likeness (QED) is 0.206. The Balaban J connectivity index is 1.90. The molecule has 220 valence electrons. The average molecular weight is 561 g/mol. The fourth-order valence-corrected chi connectivity index (χ4v) is 4.67. The molecule has 0 heterocycles. The van der Waals surface area contributed by atoms with E-state index in [-0.39, 0.29) is 18.2 Å². The number of rotatable bonds is 17. The molecule has 0 aliphatic carbocycles. The largest absolute Gasteiger partial charge is 0.497 e. The highest BCUT2D eigenvalue weighted by Crippen LogP contribution is 2.29. The highest BCUT2D eigenvalue weighted by atomic mass is 16.5. The molecule has 3 aromatic rings. The number of aryl methyl sites for hydroxylation is 1. The molecular weight excluding hydrogens is 516 g/mol. The second kappa shape index (κ2) is 17.0. The van der Waals surface area contributed by atoms with Crippen molar-refractivity contribution in [2.24, 2.45) is 0 Å². The minimum Gasteiger partial charge on any atom is -0.497 e. The molecule has 0 aliphatic heterocycles. The molecule has 1 N–H and O–H groups in total. The summed E-state index contributed by atoms with van der Waals surface area (Å²) in [5.41, 5.74) is 2.87. The van der Waals surface area contributed by atoms with Crippen LogP contribution in [-0.4, -0.2) is 49.6 Å². The number of hydrogen-bond donors (Lipinski definition) is 1. The lowest BCUT2D eigenvalue weighted by Crippen LogP contribution is -2.50. The summed E-state index contributed by atoms with van der Waals surface area (Å²) >= 11 is 0. The summed E-state index contributed by atoms with van der Waals surface area (Å²) in [5.74, 6) is 1.84. The van der Waals surface area contributed by atoms with Crippen molar-refractivity contribution < 1.29 is 23.8 Å². The van der Waals surface area contributed by atoms with Crippen LogP contribution in [0.25, 0.3) is 0 Å². The van der Waals surface area contributed by atoms with Gasteiger partial charge in [0.15, 0.2) is 11.5 Å². The van der Waals surface area contributed by atoms with Crippen molar-refractivity contribution in [3.8, 4) is 17.2 Å². The van der Waals surface area contributed by atoms with E-state index in [2.05, 4.69) is 12.2 Å². The van der Waals surface area contributed by atoms with Crippen LogP contribution in [0.2, 0.25) is 0 Å². The third-order valence-electron chi connectivity index (χ3n) is 6.82. The fourth-order valence-electron chi connectivity index (χ4n) is 4.67. The highest BCUT2D eigenvalue weighted by molar-refractivity contribution is 5.88. The van der Waals surface area contributed by atoms with Gasteiger partial charge >= 0.3 is 0 Å². The molecule has 2 amide bonds. The van der Waals surface area contributed by atoms with Crippen LogP contribution < -0.4 is 19.5 Å². The topological polar surface area (TPSA) is 77.1 Å². The number of amides is 2. The van der Waals surface area contributed by atoms with Gasteiger partial charge in [-0.25, -0.2) is 0 Å². The van der Waals surface area contributed by atoms with Crippen LogP contribution in [-0.2, 0) is 29.0 Å². The first-order chi connectivity index (χ1) is 20.0. The molecule has 0 unspecified atom stereocenters. The van der Waals surface area contributed by atoms with E-state index >= 15 is 0 Å². The van der Waals surface area contributed by atoms with Gasteiger partial charge in [-0.2, -0.15) is 0 Å². The monoisotopic (exact) mass is 560 g/mol. The number of nitrogens with one attached hydrogen (secondary N) is 1. The van der Waals surface area contributed by atoms with E-state index in [1.807, 2.05) is 86.6 Å². The van der Waals surface area contributed by atoms with Gasteiger partial charge in [-0.3, -0.25) is 9.59 Å². The molecule has 7 nitrogen and oxygen atoms in total. The van der Waals surface area contributed by atoms with E-state index in [4.69, 9.17) is 14.2 Å². The van der Waals surface area contributed by atoms with Crippen molar-refractivity contribution in [1.29, 1.82) is 0 Å². The van der Waals surface area contributed by atoms with Crippen LogP contribution in [0.3, 0.4) is 0 Å². The first kappa shape index (κ1) is 31.5. The predicted octanol–water partition coefficient (Wildman–Crippen LogP) is 5.98. The summed E-state index contributed by atoms with van der Waals surface area (Å²) in [5, 5.41) is 3.07. The third kappa shape index (κ3) is 9.85. The number of unbranched alkanes of at least 4 members (excludes halogenated alkanes) is 1. The van der Waals surface area contributed by atoms with E-state index in [9.17, 15) is 9.59 Å². The van der Waals surface area contributed by atoms with Gasteiger partial charge in [0, 0.05) is 25.9 Å². The van der Waals surface area contributed by atoms with Gasteiger partial charge in [-0.1, -0.05) is 61.9 Å². The number of carbonyl (C=O) groups is 2. The second-order valence-corrected chi connectivity index (χ2v) is 9.87. The zero-order chi connectivity index (χ0) is 29.5. The predicted molar refractivity (Wildman–Crippen MR) is 162 cm³/mol. The molecule has 0 spiro atoms. The second-order valence-electron chi connectivity index (χ2n) is 9.87. The molecule has 0 saturated heterocycles. The fraction of sp³-hybridized carbons (Fsp3) is 0.412. The van der Waals surface area contributed by atoms with E-state index in [0.29, 0.717) is 56.4 Å². The minimum absolute atomic E-state index is 0.0914. The van der Waals surface area contributed by atoms with Gasteiger partial charge in [-0.05, 0) is 67.6 Å². The van der Waals surface area contributed by atoms with Crippen LogP contribution in [0.4, 0.5) is 0 Å². The normalized spacial score (nSPS) is 11.4. The Bertz CT molecular complexity index is 1230. The molecule has 0 fully saturated rings. The molecule has 0 aromatic heterocycles. The van der Waals surface area contributed by atoms with E-state index < -0.39 is 6.04 Å². The van der Waals surface area contributed by atoms with Gasteiger partial charge < -0.3 is 24.4 Å². The van der Waals surface area contributed by atoms with Gasteiger partial charge in [0.25, 0.3) is 0 Å². The van der Waals surface area contributed by atoms with Crippen molar-refractivity contribution in [1.82, 2.24) is 10.2 Å². The standard InChI is InChI=1S/C34H44N2O5/c1-5-8-21-35-34(38)30(23-26-13-10-9-11-14-26)36(25-28-15-12-16-29(22-28)39-4)33(37)20-18-27-17-19-31(40-6-2)32(24-27)41-7-3/h9-17,19,22,24,30H,5-8,18,20-21,23,25H2,1-4H3,(H,35,38)/t30-/m1/s1. The molecule has 0 saturated carbocycles.